The highest BCUT2D eigenvalue weighted by Crippen LogP contribution is 2.38. The Labute approximate surface area is 132 Å². The fourth-order valence-electron chi connectivity index (χ4n) is 2.25. The zero-order chi connectivity index (χ0) is 15.9. The second-order valence-electron chi connectivity index (χ2n) is 4.55. The van der Waals surface area contributed by atoms with Crippen molar-refractivity contribution in [3.63, 3.8) is 0 Å². The molecule has 22 heavy (non-hydrogen) atoms. The van der Waals surface area contributed by atoms with E-state index in [0.29, 0.717) is 10.7 Å². The van der Waals surface area contributed by atoms with E-state index < -0.39 is 15.8 Å². The number of benzene rings is 2. The molecule has 3 rings (SSSR count). The summed E-state index contributed by atoms with van der Waals surface area (Å²) in [6, 6.07) is 10.3. The molecule has 0 atom stereocenters. The molecule has 0 fully saturated rings. The zero-order valence-corrected chi connectivity index (χ0v) is 13.0. The average molecular weight is 340 g/mol. The highest BCUT2D eigenvalue weighted by atomic mass is 35.5. The minimum Gasteiger partial charge on any atom is -0.278 e. The van der Waals surface area contributed by atoms with Gasteiger partial charge in [-0.25, -0.2) is 17.5 Å². The standard InChI is InChI=1S/C14H11ClFN3O2S/c1-17-14-18-22(20,21)13-7-6-9(16)8-12(13)19(14)11-5-3-2-4-10(11)15/h2-8H,1H3,(H,17,18). The monoisotopic (exact) mass is 339 g/mol. The molecular weight excluding hydrogens is 329 g/mol. The van der Waals surface area contributed by atoms with E-state index in [1.54, 1.807) is 24.3 Å². The summed E-state index contributed by atoms with van der Waals surface area (Å²) in [7, 11) is -2.37. The molecule has 8 heteroatoms. The molecule has 1 N–H and O–H groups in total. The van der Waals surface area contributed by atoms with Crippen molar-refractivity contribution in [2.75, 3.05) is 11.9 Å². The van der Waals surface area contributed by atoms with Crippen LogP contribution in [0.4, 0.5) is 15.8 Å². The number of nitrogens with zero attached hydrogens (tertiary/aromatic N) is 2. The van der Waals surface area contributed by atoms with Crippen molar-refractivity contribution in [2.45, 2.75) is 4.90 Å². The van der Waals surface area contributed by atoms with Gasteiger partial charge in [0.1, 0.15) is 10.7 Å². The van der Waals surface area contributed by atoms with Crippen molar-refractivity contribution < 1.29 is 12.8 Å². The van der Waals surface area contributed by atoms with E-state index in [1.165, 1.54) is 18.0 Å². The van der Waals surface area contributed by atoms with E-state index in [9.17, 15) is 12.8 Å². The van der Waals surface area contributed by atoms with Gasteiger partial charge in [0.2, 0.25) is 5.96 Å². The molecular formula is C14H11ClFN3O2S. The quantitative estimate of drug-likeness (QED) is 0.869. The molecule has 1 heterocycles. The molecule has 0 saturated carbocycles. The molecule has 114 valence electrons. The molecule has 0 aromatic heterocycles. The first-order valence-electron chi connectivity index (χ1n) is 6.28. The van der Waals surface area contributed by atoms with E-state index >= 15 is 0 Å². The van der Waals surface area contributed by atoms with Crippen LogP contribution in [0.25, 0.3) is 0 Å². The van der Waals surface area contributed by atoms with Crippen LogP contribution in [0.1, 0.15) is 0 Å². The molecule has 0 radical (unpaired) electrons. The number of hydrogen-bond donors (Lipinski definition) is 1. The summed E-state index contributed by atoms with van der Waals surface area (Å²) in [5, 5.41) is 0.389. The van der Waals surface area contributed by atoms with Gasteiger partial charge in [-0.15, -0.1) is 0 Å². The summed E-state index contributed by atoms with van der Waals surface area (Å²) in [5.74, 6) is -0.505. The summed E-state index contributed by atoms with van der Waals surface area (Å²) in [6.07, 6.45) is 0. The van der Waals surface area contributed by atoms with Gasteiger partial charge in [-0.05, 0) is 30.3 Å². The van der Waals surface area contributed by atoms with E-state index in [2.05, 4.69) is 9.71 Å². The molecule has 2 aromatic rings. The number of aliphatic imine (C=N–C) groups is 1. The van der Waals surface area contributed by atoms with Crippen LogP contribution in [0.2, 0.25) is 5.02 Å². The number of fused-ring (bicyclic) bond motifs is 1. The Morgan fingerprint density at radius 1 is 1.18 bits per heavy atom. The lowest BCUT2D eigenvalue weighted by molar-refractivity contribution is 0.589. The predicted octanol–water partition coefficient (Wildman–Crippen LogP) is 2.89. The Hall–Kier alpha value is -2.12. The molecule has 0 unspecified atom stereocenters. The van der Waals surface area contributed by atoms with Crippen LogP contribution in [0.15, 0.2) is 52.4 Å². The van der Waals surface area contributed by atoms with Crippen molar-refractivity contribution >= 4 is 39.0 Å². The van der Waals surface area contributed by atoms with Gasteiger partial charge in [0.25, 0.3) is 10.0 Å². The number of anilines is 2. The van der Waals surface area contributed by atoms with Crippen molar-refractivity contribution in [3.8, 4) is 0 Å². The number of nitrogens with one attached hydrogen (secondary N) is 1. The SMILES string of the molecule is CN=C1NS(=O)(=O)c2ccc(F)cc2N1c1ccccc1Cl. The first kappa shape index (κ1) is 14.8. The normalized spacial score (nSPS) is 18.0. The maximum atomic E-state index is 13.7. The number of hydrogen-bond acceptors (Lipinski definition) is 3. The second-order valence-corrected chi connectivity index (χ2v) is 6.61. The molecule has 0 aliphatic carbocycles. The first-order valence-corrected chi connectivity index (χ1v) is 8.14. The predicted molar refractivity (Wildman–Crippen MR) is 83.7 cm³/mol. The minimum atomic E-state index is -3.81. The lowest BCUT2D eigenvalue weighted by Crippen LogP contribution is -2.46. The largest absolute Gasteiger partial charge is 0.278 e. The number of rotatable bonds is 1. The first-order chi connectivity index (χ1) is 10.4. The van der Waals surface area contributed by atoms with Crippen LogP contribution >= 0.6 is 11.6 Å². The fourth-order valence-corrected chi connectivity index (χ4v) is 3.68. The maximum absolute atomic E-state index is 13.7. The Kier molecular flexibility index (Phi) is 3.54. The highest BCUT2D eigenvalue weighted by molar-refractivity contribution is 7.90. The van der Waals surface area contributed by atoms with Crippen LogP contribution < -0.4 is 9.62 Å². The Bertz CT molecular complexity index is 883. The summed E-state index contributed by atoms with van der Waals surface area (Å²) < 4.78 is 40.5. The maximum Gasteiger partial charge on any atom is 0.266 e. The molecule has 0 bridgehead atoms. The Morgan fingerprint density at radius 2 is 1.91 bits per heavy atom. The molecule has 0 saturated heterocycles. The molecule has 0 spiro atoms. The van der Waals surface area contributed by atoms with Crippen LogP contribution in [-0.4, -0.2) is 21.4 Å². The van der Waals surface area contributed by atoms with Gasteiger partial charge in [0, 0.05) is 7.05 Å². The van der Waals surface area contributed by atoms with Crippen LogP contribution in [-0.2, 0) is 10.0 Å². The van der Waals surface area contributed by atoms with Gasteiger partial charge in [-0.2, -0.15) is 0 Å². The van der Waals surface area contributed by atoms with Gasteiger partial charge in [-0.1, -0.05) is 23.7 Å². The van der Waals surface area contributed by atoms with Crippen molar-refractivity contribution in [2.24, 2.45) is 4.99 Å². The number of guanidine groups is 1. The third kappa shape index (κ3) is 2.32. The van der Waals surface area contributed by atoms with Gasteiger partial charge >= 0.3 is 0 Å². The van der Waals surface area contributed by atoms with Crippen molar-refractivity contribution in [1.82, 2.24) is 4.72 Å². The zero-order valence-electron chi connectivity index (χ0n) is 11.4. The number of halogens is 2. The summed E-state index contributed by atoms with van der Waals surface area (Å²) in [5.41, 5.74) is 0.659. The van der Waals surface area contributed by atoms with Crippen molar-refractivity contribution in [1.29, 1.82) is 0 Å². The third-order valence-electron chi connectivity index (χ3n) is 3.19. The van der Waals surface area contributed by atoms with Gasteiger partial charge in [0.15, 0.2) is 0 Å². The summed E-state index contributed by atoms with van der Waals surface area (Å²) in [4.78, 5) is 5.38. The second kappa shape index (κ2) is 5.26. The number of para-hydroxylation sites is 1. The lowest BCUT2D eigenvalue weighted by atomic mass is 10.2. The third-order valence-corrected chi connectivity index (χ3v) is 4.89. The van der Waals surface area contributed by atoms with E-state index in [4.69, 9.17) is 11.6 Å². The minimum absolute atomic E-state index is 0.0405. The van der Waals surface area contributed by atoms with Crippen LogP contribution in [0.5, 0.6) is 0 Å². The molecule has 2 aromatic carbocycles. The fraction of sp³-hybridized carbons (Fsp3) is 0.0714. The summed E-state index contributed by atoms with van der Waals surface area (Å²) >= 11 is 6.19. The molecule has 1 aliphatic rings. The van der Waals surface area contributed by atoms with E-state index in [0.717, 1.165) is 12.1 Å². The topological polar surface area (TPSA) is 61.8 Å². The van der Waals surface area contributed by atoms with Gasteiger partial charge < -0.3 is 0 Å². The van der Waals surface area contributed by atoms with Crippen LogP contribution in [0, 0.1) is 5.82 Å². The van der Waals surface area contributed by atoms with Crippen LogP contribution in [0.3, 0.4) is 0 Å². The Morgan fingerprint density at radius 3 is 2.59 bits per heavy atom. The average Bonchev–Trinajstić information content (AvgIpc) is 2.47. The highest BCUT2D eigenvalue weighted by Gasteiger charge is 2.34. The van der Waals surface area contributed by atoms with Gasteiger partial charge in [-0.3, -0.25) is 9.89 Å². The smallest absolute Gasteiger partial charge is 0.266 e. The molecule has 1 aliphatic heterocycles. The van der Waals surface area contributed by atoms with Gasteiger partial charge in [0.05, 0.1) is 16.4 Å². The molecule has 0 amide bonds. The lowest BCUT2D eigenvalue weighted by Gasteiger charge is -2.32. The Balaban J connectivity index is 2.34. The van der Waals surface area contributed by atoms with Crippen molar-refractivity contribution in [3.05, 3.63) is 53.3 Å². The van der Waals surface area contributed by atoms with E-state index in [1.807, 2.05) is 0 Å². The number of sulfonamides is 1. The summed E-state index contributed by atoms with van der Waals surface area (Å²) in [6.45, 7) is 0. The molecule has 5 nitrogen and oxygen atoms in total. The van der Waals surface area contributed by atoms with E-state index in [-0.39, 0.29) is 16.5 Å².